The maximum Gasteiger partial charge on any atom is -0.0385 e. The summed E-state index contributed by atoms with van der Waals surface area (Å²) in [6.45, 7) is 35.6. The Labute approximate surface area is 248 Å². The first-order chi connectivity index (χ1) is 14.8. The summed E-state index contributed by atoms with van der Waals surface area (Å²) in [5.41, 5.74) is 0.542. The van der Waals surface area contributed by atoms with E-state index in [1.807, 2.05) is 0 Å². The van der Waals surface area contributed by atoms with Crippen LogP contribution in [0.4, 0.5) is 0 Å². The van der Waals surface area contributed by atoms with Gasteiger partial charge < -0.3 is 0 Å². The molecule has 0 saturated carbocycles. The van der Waals surface area contributed by atoms with Gasteiger partial charge in [0.2, 0.25) is 0 Å². The fourth-order valence-electron chi connectivity index (χ4n) is 1.43. The smallest absolute Gasteiger partial charge is 0.0385 e. The monoisotopic (exact) mass is 541 g/mol. The lowest BCUT2D eigenvalue weighted by Gasteiger charge is -2.12. The molecule has 0 amide bonds. The van der Waals surface area contributed by atoms with E-state index in [2.05, 4.69) is 111 Å². The van der Waals surface area contributed by atoms with Crippen LogP contribution in [0.5, 0.6) is 0 Å². The second-order valence-corrected chi connectivity index (χ2v) is 11.0. The average Bonchev–Trinajstić information content (AvgIpc) is 2.74. The highest BCUT2D eigenvalue weighted by Crippen LogP contribution is 2.16. The standard InChI is InChI=1S/3C6H14.2C5H12.C4H10.5CH4/c1-5-6(2,3)4;1-4-5-6(2)3;1-3-5-6-4-2;1-4-5(2)3;1-3-5-4-2;1-3-4-2;;;;;/h5H2,1-4H3;6H,4-5H2,1-3H3;3-6H2,1-2H3;5H,4H2,1-3H3;3-5H2,1-2H3;3-4H2,1-2H3;5*1H4. The van der Waals surface area contributed by atoms with Gasteiger partial charge in [0.1, 0.15) is 0 Å². The molecule has 244 valence electrons. The topological polar surface area (TPSA) is 0 Å². The van der Waals surface area contributed by atoms with Crippen LogP contribution in [0.1, 0.15) is 231 Å². The Hall–Kier alpha value is 0. The predicted molar refractivity (Wildman–Crippen MR) is 194 cm³/mol. The Kier molecular flexibility index (Phi) is 135. The first-order valence-corrected chi connectivity index (χ1v) is 14.8. The molecule has 0 aromatic carbocycles. The quantitative estimate of drug-likeness (QED) is 0.255. The molecule has 0 aromatic rings. The lowest BCUT2D eigenvalue weighted by Crippen LogP contribution is -2.00. The Bertz CT molecular complexity index is 211. The molecule has 0 aliphatic rings. The van der Waals surface area contributed by atoms with Crippen molar-refractivity contribution in [1.29, 1.82) is 0 Å². The molecule has 0 heteroatoms. The van der Waals surface area contributed by atoms with Gasteiger partial charge in [-0.2, -0.15) is 0 Å². The molecule has 0 aliphatic heterocycles. The third kappa shape index (κ3) is 212. The zero-order valence-corrected chi connectivity index (χ0v) is 26.8. The molecule has 0 N–H and O–H groups in total. The molecular formula is C37H96. The van der Waals surface area contributed by atoms with Gasteiger partial charge in [-0.05, 0) is 17.3 Å². The highest BCUT2D eigenvalue weighted by Gasteiger charge is 2.03. The minimum absolute atomic E-state index is 0. The molecule has 0 fully saturated rings. The Morgan fingerprint density at radius 2 is 0.649 bits per heavy atom. The van der Waals surface area contributed by atoms with Crippen LogP contribution in [0.15, 0.2) is 0 Å². The van der Waals surface area contributed by atoms with Crippen LogP contribution in [0, 0.1) is 17.3 Å². The summed E-state index contributed by atoms with van der Waals surface area (Å²) in [4.78, 5) is 0. The summed E-state index contributed by atoms with van der Waals surface area (Å²) in [6.07, 6.45) is 17.5. The first-order valence-electron chi connectivity index (χ1n) is 14.8. The van der Waals surface area contributed by atoms with Crippen molar-refractivity contribution >= 4 is 0 Å². The minimum Gasteiger partial charge on any atom is -0.0776 e. The van der Waals surface area contributed by atoms with E-state index in [0.717, 1.165) is 11.8 Å². The SMILES string of the molecule is C.C.C.C.C.CCC(C)(C)C.CCC(C)C.CCCC.CCCC(C)C.CCCCC.CCCCCC. The van der Waals surface area contributed by atoms with Crippen LogP contribution in [0.25, 0.3) is 0 Å². The molecule has 0 rings (SSSR count). The van der Waals surface area contributed by atoms with E-state index in [0.29, 0.717) is 5.41 Å². The summed E-state index contributed by atoms with van der Waals surface area (Å²) in [5.74, 6) is 1.78. The van der Waals surface area contributed by atoms with Crippen molar-refractivity contribution in [2.75, 3.05) is 0 Å². The molecule has 0 heterocycles. The molecule has 0 aliphatic carbocycles. The molecule has 37 heavy (non-hydrogen) atoms. The summed E-state index contributed by atoms with van der Waals surface area (Å²) in [7, 11) is 0. The Morgan fingerprint density at radius 3 is 0.676 bits per heavy atom. The van der Waals surface area contributed by atoms with Gasteiger partial charge in [-0.15, -0.1) is 0 Å². The van der Waals surface area contributed by atoms with Crippen molar-refractivity contribution < 1.29 is 0 Å². The maximum atomic E-state index is 2.25. The minimum atomic E-state index is 0. The normalized spacial score (nSPS) is 8.27. The summed E-state index contributed by atoms with van der Waals surface area (Å²) in [5, 5.41) is 0. The van der Waals surface area contributed by atoms with Gasteiger partial charge in [-0.1, -0.05) is 231 Å². The molecular weight excluding hydrogens is 444 g/mol. The number of rotatable bonds is 9. The fourth-order valence-corrected chi connectivity index (χ4v) is 1.43. The van der Waals surface area contributed by atoms with Gasteiger partial charge in [0.15, 0.2) is 0 Å². The molecule has 0 spiro atoms. The fraction of sp³-hybridized carbons (Fsp3) is 1.00. The lowest BCUT2D eigenvalue weighted by atomic mass is 9.94. The van der Waals surface area contributed by atoms with Gasteiger partial charge in [0.05, 0.1) is 0 Å². The largest absolute Gasteiger partial charge is 0.0776 e. The highest BCUT2D eigenvalue weighted by atomic mass is 14.1. The van der Waals surface area contributed by atoms with E-state index in [1.54, 1.807) is 0 Å². The van der Waals surface area contributed by atoms with E-state index in [1.165, 1.54) is 83.5 Å². The molecule has 0 radical (unpaired) electrons. The Balaban J connectivity index is -0.0000000238. The summed E-state index contributed by atoms with van der Waals surface area (Å²) in [6, 6.07) is 0. The van der Waals surface area contributed by atoms with E-state index in [-0.39, 0.29) is 37.1 Å². The zero-order valence-electron chi connectivity index (χ0n) is 26.8. The average molecular weight is 541 g/mol. The number of unbranched alkanes of at least 4 members (excludes halogenated alkanes) is 6. The molecule has 0 aromatic heterocycles. The third-order valence-electron chi connectivity index (χ3n) is 4.91. The van der Waals surface area contributed by atoms with E-state index < -0.39 is 0 Å². The molecule has 0 bridgehead atoms. The highest BCUT2D eigenvalue weighted by molar-refractivity contribution is 4.55. The van der Waals surface area contributed by atoms with Gasteiger partial charge in [-0.3, -0.25) is 0 Å². The number of hydrogen-bond donors (Lipinski definition) is 0. The van der Waals surface area contributed by atoms with Crippen molar-refractivity contribution in [3.8, 4) is 0 Å². The molecule has 0 nitrogen and oxygen atoms in total. The summed E-state index contributed by atoms with van der Waals surface area (Å²) >= 11 is 0. The predicted octanol–water partition coefficient (Wildman–Crippen LogP) is 16.7. The first kappa shape index (κ1) is 70.9. The van der Waals surface area contributed by atoms with Crippen LogP contribution in [-0.4, -0.2) is 0 Å². The second-order valence-electron chi connectivity index (χ2n) is 11.0. The van der Waals surface area contributed by atoms with Gasteiger partial charge >= 0.3 is 0 Å². The van der Waals surface area contributed by atoms with Crippen molar-refractivity contribution in [3.63, 3.8) is 0 Å². The van der Waals surface area contributed by atoms with Crippen molar-refractivity contribution in [3.05, 3.63) is 0 Å². The number of hydrogen-bond acceptors (Lipinski definition) is 0. The van der Waals surface area contributed by atoms with E-state index in [4.69, 9.17) is 0 Å². The van der Waals surface area contributed by atoms with E-state index in [9.17, 15) is 0 Å². The Morgan fingerprint density at radius 1 is 0.405 bits per heavy atom. The van der Waals surface area contributed by atoms with Gasteiger partial charge in [0.25, 0.3) is 0 Å². The zero-order chi connectivity index (χ0) is 26.8. The van der Waals surface area contributed by atoms with Gasteiger partial charge in [0, 0.05) is 0 Å². The van der Waals surface area contributed by atoms with Crippen molar-refractivity contribution in [1.82, 2.24) is 0 Å². The third-order valence-corrected chi connectivity index (χ3v) is 4.91. The van der Waals surface area contributed by atoms with Crippen LogP contribution >= 0.6 is 0 Å². The second kappa shape index (κ2) is 70.6. The van der Waals surface area contributed by atoms with E-state index >= 15 is 0 Å². The van der Waals surface area contributed by atoms with Crippen LogP contribution in [0.2, 0.25) is 0 Å². The van der Waals surface area contributed by atoms with Crippen LogP contribution in [-0.2, 0) is 0 Å². The summed E-state index contributed by atoms with van der Waals surface area (Å²) < 4.78 is 0. The van der Waals surface area contributed by atoms with Crippen LogP contribution < -0.4 is 0 Å². The van der Waals surface area contributed by atoms with Gasteiger partial charge in [-0.25, -0.2) is 0 Å². The van der Waals surface area contributed by atoms with Crippen LogP contribution in [0.3, 0.4) is 0 Å². The van der Waals surface area contributed by atoms with Crippen molar-refractivity contribution in [2.24, 2.45) is 17.3 Å². The molecule has 0 saturated heterocycles. The molecule has 0 atom stereocenters. The maximum absolute atomic E-state index is 2.25. The lowest BCUT2D eigenvalue weighted by molar-refractivity contribution is 0.398. The van der Waals surface area contributed by atoms with Crippen molar-refractivity contribution in [2.45, 2.75) is 231 Å². The molecule has 0 unspecified atom stereocenters.